The predicted molar refractivity (Wildman–Crippen MR) is 76.7 cm³/mol. The van der Waals surface area contributed by atoms with Gasteiger partial charge in [0.15, 0.2) is 0 Å². The van der Waals surface area contributed by atoms with Crippen LogP contribution in [-0.4, -0.2) is 19.6 Å². The molecule has 0 bridgehead atoms. The van der Waals surface area contributed by atoms with E-state index in [-0.39, 0.29) is 11.1 Å². The van der Waals surface area contributed by atoms with Gasteiger partial charge in [-0.15, -0.1) is 0 Å². The molecule has 0 atom stereocenters. The Morgan fingerprint density at radius 2 is 2.25 bits per heavy atom. The lowest BCUT2D eigenvalue weighted by atomic mass is 10.0. The molecule has 1 amide bonds. The van der Waals surface area contributed by atoms with Crippen LogP contribution in [0, 0.1) is 0 Å². The van der Waals surface area contributed by atoms with Gasteiger partial charge in [-0.3, -0.25) is 4.79 Å². The van der Waals surface area contributed by atoms with Gasteiger partial charge in [0.1, 0.15) is 5.75 Å². The first-order valence-electron chi connectivity index (χ1n) is 6.42. The number of hydrogen-bond donors (Lipinski definition) is 0. The minimum absolute atomic E-state index is 0.130. The second kappa shape index (κ2) is 5.21. The van der Waals surface area contributed by atoms with E-state index < -0.39 is 0 Å². The SMILES string of the molecule is COc1ccc2c(c1)CCCN2C(=O)c1ccoc1Cl. The predicted octanol–water partition coefficient (Wildman–Crippen LogP) is 3.53. The monoisotopic (exact) mass is 291 g/mol. The average Bonchev–Trinajstić information content (AvgIpc) is 2.91. The Bertz CT molecular complexity index is 650. The van der Waals surface area contributed by atoms with Crippen LogP contribution in [-0.2, 0) is 6.42 Å². The number of hydrogen-bond acceptors (Lipinski definition) is 3. The third-order valence-electron chi connectivity index (χ3n) is 3.50. The van der Waals surface area contributed by atoms with Crippen LogP contribution in [0.15, 0.2) is 34.9 Å². The zero-order chi connectivity index (χ0) is 14.1. The maximum Gasteiger partial charge on any atom is 0.263 e. The number of ether oxygens (including phenoxy) is 1. The van der Waals surface area contributed by atoms with Crippen LogP contribution in [0.1, 0.15) is 22.3 Å². The molecular weight excluding hydrogens is 278 g/mol. The normalized spacial score (nSPS) is 14.0. The first-order valence-corrected chi connectivity index (χ1v) is 6.80. The lowest BCUT2D eigenvalue weighted by Crippen LogP contribution is -2.35. The van der Waals surface area contributed by atoms with E-state index in [2.05, 4.69) is 0 Å². The van der Waals surface area contributed by atoms with Crippen molar-refractivity contribution in [3.05, 3.63) is 46.9 Å². The van der Waals surface area contributed by atoms with E-state index in [1.165, 1.54) is 6.26 Å². The molecule has 20 heavy (non-hydrogen) atoms. The maximum absolute atomic E-state index is 12.5. The number of nitrogens with zero attached hydrogens (tertiary/aromatic N) is 1. The number of aryl methyl sites for hydroxylation is 1. The highest BCUT2D eigenvalue weighted by Crippen LogP contribution is 2.32. The Balaban J connectivity index is 1.98. The number of furan rings is 1. The van der Waals surface area contributed by atoms with Crippen LogP contribution in [0.25, 0.3) is 0 Å². The van der Waals surface area contributed by atoms with Gasteiger partial charge in [-0.2, -0.15) is 0 Å². The summed E-state index contributed by atoms with van der Waals surface area (Å²) in [6.07, 6.45) is 3.28. The number of benzene rings is 1. The molecule has 5 heteroatoms. The largest absolute Gasteiger partial charge is 0.497 e. The van der Waals surface area contributed by atoms with Crippen LogP contribution < -0.4 is 9.64 Å². The highest BCUT2D eigenvalue weighted by Gasteiger charge is 2.26. The van der Waals surface area contributed by atoms with Gasteiger partial charge < -0.3 is 14.1 Å². The molecule has 1 aliphatic heterocycles. The Morgan fingerprint density at radius 1 is 1.40 bits per heavy atom. The summed E-state index contributed by atoms with van der Waals surface area (Å²) in [4.78, 5) is 14.3. The van der Waals surface area contributed by atoms with Crippen molar-refractivity contribution in [3.8, 4) is 5.75 Å². The van der Waals surface area contributed by atoms with E-state index in [1.807, 2.05) is 18.2 Å². The smallest absolute Gasteiger partial charge is 0.263 e. The first kappa shape index (κ1) is 13.1. The molecule has 1 aromatic carbocycles. The van der Waals surface area contributed by atoms with Gasteiger partial charge in [-0.05, 0) is 54.3 Å². The molecule has 0 N–H and O–H groups in total. The molecule has 3 rings (SSSR count). The molecule has 104 valence electrons. The number of anilines is 1. The minimum atomic E-state index is -0.130. The van der Waals surface area contributed by atoms with Gasteiger partial charge in [0, 0.05) is 12.2 Å². The number of methoxy groups -OCH3 is 1. The molecule has 2 aromatic rings. The number of carbonyl (C=O) groups is 1. The van der Waals surface area contributed by atoms with Gasteiger partial charge in [0.05, 0.1) is 18.9 Å². The highest BCUT2D eigenvalue weighted by atomic mass is 35.5. The molecular formula is C15H14ClNO3. The van der Waals surface area contributed by atoms with E-state index in [9.17, 15) is 4.79 Å². The number of carbonyl (C=O) groups excluding carboxylic acids is 1. The Hall–Kier alpha value is -1.94. The van der Waals surface area contributed by atoms with Crippen molar-refractivity contribution in [3.63, 3.8) is 0 Å². The zero-order valence-electron chi connectivity index (χ0n) is 11.1. The summed E-state index contributed by atoms with van der Waals surface area (Å²) in [6, 6.07) is 7.36. The lowest BCUT2D eigenvalue weighted by molar-refractivity contribution is 0.0984. The minimum Gasteiger partial charge on any atom is -0.497 e. The van der Waals surface area contributed by atoms with Crippen molar-refractivity contribution >= 4 is 23.2 Å². The third kappa shape index (κ3) is 2.16. The molecule has 0 saturated heterocycles. The summed E-state index contributed by atoms with van der Waals surface area (Å²) < 4.78 is 10.2. The molecule has 0 spiro atoms. The molecule has 0 unspecified atom stereocenters. The zero-order valence-corrected chi connectivity index (χ0v) is 11.8. The lowest BCUT2D eigenvalue weighted by Gasteiger charge is -2.29. The number of amides is 1. The second-order valence-corrected chi connectivity index (χ2v) is 5.01. The van der Waals surface area contributed by atoms with Gasteiger partial charge in [0.25, 0.3) is 5.91 Å². The van der Waals surface area contributed by atoms with Crippen LogP contribution in [0.2, 0.25) is 5.22 Å². The fourth-order valence-electron chi connectivity index (χ4n) is 2.50. The summed E-state index contributed by atoms with van der Waals surface area (Å²) in [7, 11) is 1.64. The summed E-state index contributed by atoms with van der Waals surface area (Å²) in [5, 5.41) is 0.135. The molecule has 0 radical (unpaired) electrons. The second-order valence-electron chi connectivity index (χ2n) is 4.66. The highest BCUT2D eigenvalue weighted by molar-refractivity contribution is 6.32. The number of rotatable bonds is 2. The van der Waals surface area contributed by atoms with E-state index in [1.54, 1.807) is 18.1 Å². The Kier molecular flexibility index (Phi) is 3.40. The Morgan fingerprint density at radius 3 is 2.95 bits per heavy atom. The van der Waals surface area contributed by atoms with Gasteiger partial charge in [0.2, 0.25) is 5.22 Å². The number of halogens is 1. The van der Waals surface area contributed by atoms with Crippen molar-refractivity contribution in [2.75, 3.05) is 18.6 Å². The summed E-state index contributed by atoms with van der Waals surface area (Å²) in [5.41, 5.74) is 2.43. The van der Waals surface area contributed by atoms with Gasteiger partial charge >= 0.3 is 0 Å². The van der Waals surface area contributed by atoms with E-state index in [4.69, 9.17) is 20.8 Å². The molecule has 2 heterocycles. The Labute approximate surface area is 121 Å². The molecule has 0 saturated carbocycles. The van der Waals surface area contributed by atoms with Crippen LogP contribution in [0.5, 0.6) is 5.75 Å². The van der Waals surface area contributed by atoms with E-state index in [0.29, 0.717) is 12.1 Å². The number of fused-ring (bicyclic) bond motifs is 1. The maximum atomic E-state index is 12.5. The topological polar surface area (TPSA) is 42.7 Å². The van der Waals surface area contributed by atoms with Crippen LogP contribution in [0.3, 0.4) is 0 Å². The first-order chi connectivity index (χ1) is 9.70. The molecule has 0 aliphatic carbocycles. The van der Waals surface area contributed by atoms with Gasteiger partial charge in [-0.1, -0.05) is 0 Å². The van der Waals surface area contributed by atoms with Crippen molar-refractivity contribution in [1.29, 1.82) is 0 Å². The summed E-state index contributed by atoms with van der Waals surface area (Å²) >= 11 is 5.89. The molecule has 1 aromatic heterocycles. The fourth-order valence-corrected chi connectivity index (χ4v) is 2.70. The van der Waals surface area contributed by atoms with E-state index >= 15 is 0 Å². The van der Waals surface area contributed by atoms with Gasteiger partial charge in [-0.25, -0.2) is 0 Å². The summed E-state index contributed by atoms with van der Waals surface area (Å²) in [5.74, 6) is 0.675. The standard InChI is InChI=1S/C15H14ClNO3/c1-19-11-4-5-13-10(9-11)3-2-7-17(13)15(18)12-6-8-20-14(12)16/h4-6,8-9H,2-3,7H2,1H3. The third-order valence-corrected chi connectivity index (χ3v) is 3.79. The molecule has 4 nitrogen and oxygen atoms in total. The van der Waals surface area contributed by atoms with Crippen molar-refractivity contribution in [2.45, 2.75) is 12.8 Å². The molecule has 1 aliphatic rings. The summed E-state index contributed by atoms with van der Waals surface area (Å²) in [6.45, 7) is 0.680. The van der Waals surface area contributed by atoms with Crippen LogP contribution >= 0.6 is 11.6 Å². The average molecular weight is 292 g/mol. The fraction of sp³-hybridized carbons (Fsp3) is 0.267. The molecule has 0 fully saturated rings. The quantitative estimate of drug-likeness (QED) is 0.850. The van der Waals surface area contributed by atoms with Crippen LogP contribution in [0.4, 0.5) is 5.69 Å². The van der Waals surface area contributed by atoms with Crippen molar-refractivity contribution < 1.29 is 13.9 Å². The van der Waals surface area contributed by atoms with E-state index in [0.717, 1.165) is 29.8 Å². The van der Waals surface area contributed by atoms with Crippen molar-refractivity contribution in [1.82, 2.24) is 0 Å². The van der Waals surface area contributed by atoms with Crippen molar-refractivity contribution in [2.24, 2.45) is 0 Å².